The molecule has 1 aliphatic heterocycles. The van der Waals surface area contributed by atoms with Crippen LogP contribution in [0.5, 0.6) is 0 Å². The lowest BCUT2D eigenvalue weighted by Gasteiger charge is -2.26. The number of aryl methyl sites for hydroxylation is 2. The summed E-state index contributed by atoms with van der Waals surface area (Å²) in [5.74, 6) is -0.100. The highest BCUT2D eigenvalue weighted by molar-refractivity contribution is 6.04. The summed E-state index contributed by atoms with van der Waals surface area (Å²) in [6.07, 6.45) is 7.43. The van der Waals surface area contributed by atoms with E-state index < -0.39 is 0 Å². The number of para-hydroxylation sites is 1. The fourth-order valence-electron chi connectivity index (χ4n) is 3.23. The van der Waals surface area contributed by atoms with Crippen LogP contribution in [0, 0.1) is 13.8 Å². The number of hydrogen-bond donors (Lipinski definition) is 1. The zero-order chi connectivity index (χ0) is 16.9. The fraction of sp³-hybridized carbons (Fsp3) is 0.474. The van der Waals surface area contributed by atoms with Gasteiger partial charge in [-0.3, -0.25) is 9.48 Å². The van der Waals surface area contributed by atoms with Crippen LogP contribution in [0.4, 0.5) is 5.69 Å². The molecule has 0 atom stereocenters. The Morgan fingerprint density at radius 3 is 2.54 bits per heavy atom. The Bertz CT molecular complexity index is 681. The first kappa shape index (κ1) is 16.7. The fourth-order valence-corrected chi connectivity index (χ4v) is 3.23. The lowest BCUT2D eigenvalue weighted by atomic mass is 10.1. The Morgan fingerprint density at radius 1 is 1.12 bits per heavy atom. The number of nitrogens with one attached hydrogen (secondary N) is 1. The topological polar surface area (TPSA) is 50.2 Å². The van der Waals surface area contributed by atoms with Crippen LogP contribution >= 0.6 is 0 Å². The number of aromatic nitrogens is 2. The van der Waals surface area contributed by atoms with E-state index in [1.807, 2.05) is 42.9 Å². The maximum Gasteiger partial charge on any atom is 0.258 e. The van der Waals surface area contributed by atoms with Crippen LogP contribution in [0.3, 0.4) is 0 Å². The van der Waals surface area contributed by atoms with Gasteiger partial charge in [0.05, 0.1) is 18.3 Å². The minimum Gasteiger partial charge on any atom is -0.321 e. The summed E-state index contributed by atoms with van der Waals surface area (Å²) in [4.78, 5) is 14.9. The number of nitrogens with zero attached hydrogens (tertiary/aromatic N) is 3. The smallest absolute Gasteiger partial charge is 0.258 e. The van der Waals surface area contributed by atoms with E-state index in [1.54, 1.807) is 6.20 Å². The molecule has 5 nitrogen and oxygen atoms in total. The number of piperidine rings is 1. The molecular weight excluding hydrogens is 300 g/mol. The molecule has 1 aromatic carbocycles. The van der Waals surface area contributed by atoms with Gasteiger partial charge < -0.3 is 10.2 Å². The lowest BCUT2D eigenvalue weighted by Crippen LogP contribution is -2.32. The first-order chi connectivity index (χ1) is 11.6. The molecule has 2 aromatic rings. The molecule has 128 valence electrons. The number of carbonyl (C=O) groups is 1. The van der Waals surface area contributed by atoms with Gasteiger partial charge in [0, 0.05) is 18.4 Å². The van der Waals surface area contributed by atoms with Crippen molar-refractivity contribution < 1.29 is 4.79 Å². The molecule has 1 amide bonds. The summed E-state index contributed by atoms with van der Waals surface area (Å²) < 4.78 is 1.87. The Kier molecular flexibility index (Phi) is 5.30. The lowest BCUT2D eigenvalue weighted by molar-refractivity contribution is 0.102. The van der Waals surface area contributed by atoms with Gasteiger partial charge in [0.15, 0.2) is 0 Å². The zero-order valence-electron chi connectivity index (χ0n) is 14.6. The molecule has 0 bridgehead atoms. The standard InChI is InChI=1S/C19H26N4O/c1-15-7-6-8-16(2)18(15)21-19(24)17-13-20-23(14-17)12-11-22-9-4-3-5-10-22/h6-8,13-14H,3-5,9-12H2,1-2H3,(H,21,24). The third-order valence-corrected chi connectivity index (χ3v) is 4.71. The molecule has 24 heavy (non-hydrogen) atoms. The summed E-state index contributed by atoms with van der Waals surface area (Å²) >= 11 is 0. The van der Waals surface area contributed by atoms with Gasteiger partial charge in [-0.25, -0.2) is 0 Å². The predicted octanol–water partition coefficient (Wildman–Crippen LogP) is 3.24. The largest absolute Gasteiger partial charge is 0.321 e. The van der Waals surface area contributed by atoms with E-state index in [1.165, 1.54) is 32.4 Å². The normalized spacial score (nSPS) is 15.4. The van der Waals surface area contributed by atoms with Crippen molar-refractivity contribution in [3.8, 4) is 0 Å². The van der Waals surface area contributed by atoms with Crippen molar-refractivity contribution >= 4 is 11.6 Å². The van der Waals surface area contributed by atoms with E-state index >= 15 is 0 Å². The highest BCUT2D eigenvalue weighted by Gasteiger charge is 2.13. The van der Waals surface area contributed by atoms with E-state index in [9.17, 15) is 4.79 Å². The number of anilines is 1. The molecule has 1 saturated heterocycles. The Labute approximate surface area is 143 Å². The van der Waals surface area contributed by atoms with Crippen molar-refractivity contribution in [2.45, 2.75) is 39.7 Å². The second-order valence-electron chi connectivity index (χ2n) is 6.62. The van der Waals surface area contributed by atoms with Crippen LogP contribution in [0.2, 0.25) is 0 Å². The number of rotatable bonds is 5. The van der Waals surface area contributed by atoms with Crippen molar-refractivity contribution in [1.82, 2.24) is 14.7 Å². The molecule has 1 aromatic heterocycles. The SMILES string of the molecule is Cc1cccc(C)c1NC(=O)c1cnn(CCN2CCCCC2)c1. The van der Waals surface area contributed by atoms with Gasteiger partial charge in [-0.2, -0.15) is 5.10 Å². The third-order valence-electron chi connectivity index (χ3n) is 4.71. The van der Waals surface area contributed by atoms with Gasteiger partial charge >= 0.3 is 0 Å². The maximum atomic E-state index is 12.5. The number of benzene rings is 1. The summed E-state index contributed by atoms with van der Waals surface area (Å²) in [7, 11) is 0. The van der Waals surface area contributed by atoms with E-state index in [2.05, 4.69) is 15.3 Å². The number of amides is 1. The predicted molar refractivity (Wildman–Crippen MR) is 96.4 cm³/mol. The highest BCUT2D eigenvalue weighted by Crippen LogP contribution is 2.20. The second kappa shape index (κ2) is 7.62. The van der Waals surface area contributed by atoms with Crippen LogP contribution in [0.1, 0.15) is 40.7 Å². The highest BCUT2D eigenvalue weighted by atomic mass is 16.1. The van der Waals surface area contributed by atoms with Crippen LogP contribution in [-0.2, 0) is 6.54 Å². The number of likely N-dealkylation sites (tertiary alicyclic amines) is 1. The van der Waals surface area contributed by atoms with Crippen molar-refractivity contribution in [1.29, 1.82) is 0 Å². The molecule has 1 N–H and O–H groups in total. The molecule has 0 spiro atoms. The zero-order valence-corrected chi connectivity index (χ0v) is 14.6. The molecule has 0 aliphatic carbocycles. The molecule has 0 saturated carbocycles. The molecule has 0 radical (unpaired) electrons. The second-order valence-corrected chi connectivity index (χ2v) is 6.62. The summed E-state index contributed by atoms with van der Waals surface area (Å²) in [6.45, 7) is 8.20. The summed E-state index contributed by atoms with van der Waals surface area (Å²) in [6, 6.07) is 6.01. The van der Waals surface area contributed by atoms with Gasteiger partial charge in [-0.05, 0) is 50.9 Å². The Balaban J connectivity index is 1.59. The minimum atomic E-state index is -0.100. The quantitative estimate of drug-likeness (QED) is 0.918. The molecular formula is C19H26N4O. The van der Waals surface area contributed by atoms with Crippen molar-refractivity contribution in [3.63, 3.8) is 0 Å². The van der Waals surface area contributed by atoms with Gasteiger partial charge in [-0.15, -0.1) is 0 Å². The van der Waals surface area contributed by atoms with E-state index in [0.717, 1.165) is 29.9 Å². The van der Waals surface area contributed by atoms with Gasteiger partial charge in [0.1, 0.15) is 0 Å². The van der Waals surface area contributed by atoms with Crippen molar-refractivity contribution in [2.75, 3.05) is 25.0 Å². The average Bonchev–Trinajstić information content (AvgIpc) is 3.06. The monoisotopic (exact) mass is 326 g/mol. The van der Waals surface area contributed by atoms with Crippen molar-refractivity contribution in [3.05, 3.63) is 47.3 Å². The van der Waals surface area contributed by atoms with Gasteiger partial charge in [-0.1, -0.05) is 24.6 Å². The third kappa shape index (κ3) is 4.03. The molecule has 1 fully saturated rings. The molecule has 0 unspecified atom stereocenters. The Hall–Kier alpha value is -2.14. The molecule has 3 rings (SSSR count). The van der Waals surface area contributed by atoms with E-state index in [0.29, 0.717) is 5.56 Å². The summed E-state index contributed by atoms with van der Waals surface area (Å²) in [5, 5.41) is 7.35. The molecule has 2 heterocycles. The van der Waals surface area contributed by atoms with E-state index in [4.69, 9.17) is 0 Å². The number of carbonyl (C=O) groups excluding carboxylic acids is 1. The van der Waals surface area contributed by atoms with E-state index in [-0.39, 0.29) is 5.91 Å². The first-order valence-electron chi connectivity index (χ1n) is 8.76. The van der Waals surface area contributed by atoms with Gasteiger partial charge in [0.2, 0.25) is 0 Å². The van der Waals surface area contributed by atoms with Crippen LogP contribution in [-0.4, -0.2) is 40.2 Å². The van der Waals surface area contributed by atoms with Crippen LogP contribution in [0.15, 0.2) is 30.6 Å². The molecule has 5 heteroatoms. The maximum absolute atomic E-state index is 12.5. The Morgan fingerprint density at radius 2 is 1.83 bits per heavy atom. The minimum absolute atomic E-state index is 0.100. The summed E-state index contributed by atoms with van der Waals surface area (Å²) in [5.41, 5.74) is 3.64. The molecule has 1 aliphatic rings. The average molecular weight is 326 g/mol. The van der Waals surface area contributed by atoms with Gasteiger partial charge in [0.25, 0.3) is 5.91 Å². The van der Waals surface area contributed by atoms with Crippen LogP contribution in [0.25, 0.3) is 0 Å². The number of hydrogen-bond acceptors (Lipinski definition) is 3. The van der Waals surface area contributed by atoms with Crippen LogP contribution < -0.4 is 5.32 Å². The first-order valence-corrected chi connectivity index (χ1v) is 8.76. The van der Waals surface area contributed by atoms with Crippen molar-refractivity contribution in [2.24, 2.45) is 0 Å².